The predicted molar refractivity (Wildman–Crippen MR) is 125 cm³/mol. The summed E-state index contributed by atoms with van der Waals surface area (Å²) in [6.07, 6.45) is 4.45. The second kappa shape index (κ2) is 8.75. The molecule has 0 bridgehead atoms. The molecule has 1 aliphatic carbocycles. The van der Waals surface area contributed by atoms with Gasteiger partial charge in [0.1, 0.15) is 11.6 Å². The third-order valence-corrected chi connectivity index (χ3v) is 6.72. The van der Waals surface area contributed by atoms with Crippen LogP contribution < -0.4 is 4.90 Å². The van der Waals surface area contributed by atoms with Gasteiger partial charge in [-0.05, 0) is 49.6 Å². The van der Waals surface area contributed by atoms with Gasteiger partial charge in [0.25, 0.3) is 5.91 Å². The first-order chi connectivity index (χ1) is 15.5. The summed E-state index contributed by atoms with van der Waals surface area (Å²) in [7, 11) is 0. The Morgan fingerprint density at radius 1 is 1.12 bits per heavy atom. The van der Waals surface area contributed by atoms with Crippen LogP contribution in [0.3, 0.4) is 0 Å². The van der Waals surface area contributed by atoms with E-state index >= 15 is 0 Å². The number of carbonyl (C=O) groups excluding carboxylic acids is 1. The zero-order valence-corrected chi connectivity index (χ0v) is 19.4. The Morgan fingerprint density at radius 2 is 1.91 bits per heavy atom. The molecule has 1 saturated carbocycles. The zero-order chi connectivity index (χ0) is 22.2. The number of carbonyl (C=O) groups is 1. The highest BCUT2D eigenvalue weighted by molar-refractivity contribution is 6.35. The van der Waals surface area contributed by atoms with Crippen LogP contribution in [-0.4, -0.2) is 47.0 Å². The summed E-state index contributed by atoms with van der Waals surface area (Å²) in [5.41, 5.74) is 3.05. The van der Waals surface area contributed by atoms with Crippen molar-refractivity contribution in [2.45, 2.75) is 32.1 Å². The summed E-state index contributed by atoms with van der Waals surface area (Å²) in [6, 6.07) is 9.03. The van der Waals surface area contributed by atoms with E-state index in [2.05, 4.69) is 4.90 Å². The maximum absolute atomic E-state index is 12.6. The minimum Gasteiger partial charge on any atom is -0.459 e. The van der Waals surface area contributed by atoms with Crippen LogP contribution in [0.2, 0.25) is 10.0 Å². The second-order valence-electron chi connectivity index (χ2n) is 8.41. The largest absolute Gasteiger partial charge is 0.459 e. The van der Waals surface area contributed by atoms with Crippen molar-refractivity contribution in [3.63, 3.8) is 0 Å². The molecule has 1 aromatic carbocycles. The molecule has 8 heteroatoms. The number of piperazine rings is 1. The second-order valence-corrected chi connectivity index (χ2v) is 9.26. The molecule has 0 spiro atoms. The molecule has 1 aliphatic heterocycles. The lowest BCUT2D eigenvalue weighted by molar-refractivity contribution is 0.0714. The van der Waals surface area contributed by atoms with Gasteiger partial charge in [0, 0.05) is 59.8 Å². The van der Waals surface area contributed by atoms with Crippen LogP contribution in [0.5, 0.6) is 0 Å². The van der Waals surface area contributed by atoms with E-state index in [0.717, 1.165) is 41.3 Å². The first kappa shape index (κ1) is 21.3. The van der Waals surface area contributed by atoms with Crippen molar-refractivity contribution >= 4 is 34.9 Å². The first-order valence-corrected chi connectivity index (χ1v) is 11.6. The van der Waals surface area contributed by atoms with E-state index in [1.807, 2.05) is 24.0 Å². The van der Waals surface area contributed by atoms with E-state index in [4.69, 9.17) is 37.6 Å². The molecular formula is C24H24Cl2N4O2. The van der Waals surface area contributed by atoms with Gasteiger partial charge < -0.3 is 14.2 Å². The van der Waals surface area contributed by atoms with Crippen LogP contribution in [0.15, 0.2) is 41.0 Å². The van der Waals surface area contributed by atoms with Crippen LogP contribution in [0.25, 0.3) is 0 Å². The van der Waals surface area contributed by atoms with E-state index in [9.17, 15) is 4.79 Å². The van der Waals surface area contributed by atoms with Gasteiger partial charge in [-0.15, -0.1) is 0 Å². The van der Waals surface area contributed by atoms with Gasteiger partial charge in [0.05, 0.1) is 6.26 Å². The summed E-state index contributed by atoms with van der Waals surface area (Å²) in [5, 5.41) is 1.26. The normalized spacial score (nSPS) is 16.5. The molecular weight excluding hydrogens is 447 g/mol. The Labute approximate surface area is 197 Å². The molecule has 2 aliphatic rings. The number of rotatable bonds is 5. The van der Waals surface area contributed by atoms with Crippen molar-refractivity contribution < 1.29 is 9.21 Å². The molecule has 5 rings (SSSR count). The fourth-order valence-corrected chi connectivity index (χ4v) is 4.60. The minimum absolute atomic E-state index is 0.0691. The van der Waals surface area contributed by atoms with E-state index in [0.29, 0.717) is 54.3 Å². The number of amides is 1. The molecule has 6 nitrogen and oxygen atoms in total. The molecule has 166 valence electrons. The molecule has 1 amide bonds. The lowest BCUT2D eigenvalue weighted by Crippen LogP contribution is -2.49. The van der Waals surface area contributed by atoms with Gasteiger partial charge in [-0.2, -0.15) is 0 Å². The minimum atomic E-state index is -0.0691. The number of nitrogens with zero attached hydrogens (tertiary/aromatic N) is 4. The van der Waals surface area contributed by atoms with E-state index < -0.39 is 0 Å². The molecule has 32 heavy (non-hydrogen) atoms. The summed E-state index contributed by atoms with van der Waals surface area (Å²) in [4.78, 5) is 26.6. The first-order valence-electron chi connectivity index (χ1n) is 10.9. The van der Waals surface area contributed by atoms with Crippen molar-refractivity contribution in [2.75, 3.05) is 31.1 Å². The van der Waals surface area contributed by atoms with E-state index in [1.54, 1.807) is 18.2 Å². The van der Waals surface area contributed by atoms with E-state index in [-0.39, 0.29) is 5.91 Å². The smallest absolute Gasteiger partial charge is 0.289 e. The molecule has 0 N–H and O–H groups in total. The number of furan rings is 1. The SMILES string of the molecule is Cc1nc(C2CC2)nc(N2CCN(C(=O)c3ccco3)CC2)c1Cc1ccc(Cl)cc1Cl. The summed E-state index contributed by atoms with van der Waals surface area (Å²) < 4.78 is 5.28. The van der Waals surface area contributed by atoms with Crippen molar-refractivity contribution in [3.05, 3.63) is 75.0 Å². The number of hydrogen-bond donors (Lipinski definition) is 0. The average Bonchev–Trinajstić information content (AvgIpc) is 3.50. The molecule has 1 saturated heterocycles. The molecule has 3 heterocycles. The lowest BCUT2D eigenvalue weighted by atomic mass is 10.0. The highest BCUT2D eigenvalue weighted by Crippen LogP contribution is 2.40. The fraction of sp³-hybridized carbons (Fsp3) is 0.375. The van der Waals surface area contributed by atoms with Crippen LogP contribution in [0.1, 0.15) is 52.0 Å². The lowest BCUT2D eigenvalue weighted by Gasteiger charge is -2.36. The number of aryl methyl sites for hydroxylation is 1. The molecule has 3 aromatic rings. The molecule has 2 fully saturated rings. The van der Waals surface area contributed by atoms with Gasteiger partial charge in [-0.3, -0.25) is 4.79 Å². The number of benzene rings is 1. The number of halogens is 2. The van der Waals surface area contributed by atoms with Gasteiger partial charge in [-0.25, -0.2) is 9.97 Å². The molecule has 0 unspecified atom stereocenters. The monoisotopic (exact) mass is 470 g/mol. The van der Waals surface area contributed by atoms with Crippen LogP contribution >= 0.6 is 23.2 Å². The maximum atomic E-state index is 12.6. The number of anilines is 1. The highest BCUT2D eigenvalue weighted by Gasteiger charge is 2.31. The summed E-state index contributed by atoms with van der Waals surface area (Å²) in [5.74, 6) is 2.65. The molecule has 0 atom stereocenters. The third kappa shape index (κ3) is 4.34. The van der Waals surface area contributed by atoms with Crippen molar-refractivity contribution in [1.82, 2.24) is 14.9 Å². The third-order valence-electron chi connectivity index (χ3n) is 6.13. The van der Waals surface area contributed by atoms with Gasteiger partial charge in [0.2, 0.25) is 0 Å². The standard InChI is InChI=1S/C24H24Cl2N4O2/c1-15-19(13-17-6-7-18(25)14-20(17)26)23(28-22(27-15)16-4-5-16)29-8-10-30(11-9-29)24(31)21-3-2-12-32-21/h2-3,6-7,12,14,16H,4-5,8-11,13H2,1H3. The topological polar surface area (TPSA) is 62.5 Å². The fourth-order valence-electron chi connectivity index (χ4n) is 4.13. The van der Waals surface area contributed by atoms with Crippen molar-refractivity contribution in [3.8, 4) is 0 Å². The van der Waals surface area contributed by atoms with Crippen LogP contribution in [0, 0.1) is 6.92 Å². The highest BCUT2D eigenvalue weighted by atomic mass is 35.5. The average molecular weight is 471 g/mol. The van der Waals surface area contributed by atoms with Gasteiger partial charge in [-0.1, -0.05) is 29.3 Å². The summed E-state index contributed by atoms with van der Waals surface area (Å²) in [6.45, 7) is 4.68. The molecule has 2 aromatic heterocycles. The Balaban J connectivity index is 1.41. The Kier molecular flexibility index (Phi) is 5.82. The van der Waals surface area contributed by atoms with Crippen LogP contribution in [-0.2, 0) is 6.42 Å². The van der Waals surface area contributed by atoms with Crippen molar-refractivity contribution in [1.29, 1.82) is 0 Å². The van der Waals surface area contributed by atoms with Gasteiger partial charge >= 0.3 is 0 Å². The van der Waals surface area contributed by atoms with Crippen LogP contribution in [0.4, 0.5) is 5.82 Å². The number of hydrogen-bond acceptors (Lipinski definition) is 5. The Bertz CT molecular complexity index is 1140. The van der Waals surface area contributed by atoms with E-state index in [1.165, 1.54) is 6.26 Å². The predicted octanol–water partition coefficient (Wildman–Crippen LogP) is 5.12. The zero-order valence-electron chi connectivity index (χ0n) is 17.9. The van der Waals surface area contributed by atoms with Gasteiger partial charge in [0.15, 0.2) is 5.76 Å². The Morgan fingerprint density at radius 3 is 2.56 bits per heavy atom. The maximum Gasteiger partial charge on any atom is 0.289 e. The Hall–Kier alpha value is -2.57. The van der Waals surface area contributed by atoms with Crippen molar-refractivity contribution in [2.24, 2.45) is 0 Å². The molecule has 0 radical (unpaired) electrons. The number of aromatic nitrogens is 2. The summed E-state index contributed by atoms with van der Waals surface area (Å²) >= 11 is 12.6. The quantitative estimate of drug-likeness (QED) is 0.517.